The summed E-state index contributed by atoms with van der Waals surface area (Å²) in [5, 5.41) is 12.4. The van der Waals surface area contributed by atoms with Crippen molar-refractivity contribution in [2.45, 2.75) is 19.3 Å². The molecule has 0 saturated heterocycles. The van der Waals surface area contributed by atoms with Gasteiger partial charge in [-0.25, -0.2) is 9.97 Å². The molecule has 1 aliphatic rings. The van der Waals surface area contributed by atoms with Gasteiger partial charge >= 0.3 is 0 Å². The fraction of sp³-hybridized carbons (Fsp3) is 0.0612. The highest BCUT2D eigenvalue weighted by Crippen LogP contribution is 2.57. The zero-order valence-electron chi connectivity index (χ0n) is 29.2. The standard InChI is InChI=1S/C49H31N3S/c1-49(2)40-22-12-10-20-34(40)46-43(49)36-25-24-33-39-26-37-31-18-8-6-16-29(31)30-17-7-9-19-32(30)38(37)27-42(39)52(45(33)47(36)53-46)48-50-41-23-13-11-21-35(41)44(51-48)28-14-4-3-5-15-28/h3-27H,1-2H3. The lowest BCUT2D eigenvalue weighted by molar-refractivity contribution is 0.667. The summed E-state index contributed by atoms with van der Waals surface area (Å²) in [5.74, 6) is 0.688. The molecule has 0 spiro atoms. The number of rotatable bonds is 2. The number of fused-ring (bicyclic) bond motifs is 16. The molecule has 0 amide bonds. The van der Waals surface area contributed by atoms with Crippen LogP contribution in [0.1, 0.15) is 25.0 Å². The Balaban J connectivity index is 1.30. The minimum Gasteiger partial charge on any atom is -0.276 e. The van der Waals surface area contributed by atoms with Crippen molar-refractivity contribution in [2.24, 2.45) is 0 Å². The van der Waals surface area contributed by atoms with Gasteiger partial charge in [-0.05, 0) is 72.6 Å². The van der Waals surface area contributed by atoms with Crippen molar-refractivity contribution in [3.8, 4) is 27.6 Å². The van der Waals surface area contributed by atoms with Gasteiger partial charge in [-0.3, -0.25) is 4.57 Å². The molecule has 53 heavy (non-hydrogen) atoms. The van der Waals surface area contributed by atoms with Gasteiger partial charge in [0.25, 0.3) is 0 Å². The molecule has 0 atom stereocenters. The Kier molecular flexibility index (Phi) is 5.72. The normalized spacial score (nSPS) is 13.6. The van der Waals surface area contributed by atoms with Crippen LogP contribution in [0, 0.1) is 0 Å². The van der Waals surface area contributed by atoms with Crippen LogP contribution >= 0.6 is 11.3 Å². The SMILES string of the molecule is CC1(C)c2ccccc2-c2sc3c(ccc4c5cc6c7ccccc7c7ccccc7c6cc5n(-c5nc(-c6ccccc6)c6ccccc6n5)c43)c21. The van der Waals surface area contributed by atoms with Gasteiger partial charge in [0.05, 0.1) is 26.9 Å². The van der Waals surface area contributed by atoms with Gasteiger partial charge in [0.15, 0.2) is 0 Å². The maximum atomic E-state index is 5.50. The van der Waals surface area contributed by atoms with Gasteiger partial charge in [0.2, 0.25) is 5.95 Å². The fourth-order valence-corrected chi connectivity index (χ4v) is 10.9. The molecule has 4 heteroatoms. The number of nitrogens with zero attached hydrogens (tertiary/aromatic N) is 3. The van der Waals surface area contributed by atoms with Gasteiger partial charge in [-0.1, -0.05) is 147 Å². The van der Waals surface area contributed by atoms with E-state index < -0.39 is 0 Å². The predicted molar refractivity (Wildman–Crippen MR) is 225 cm³/mol. The third kappa shape index (κ3) is 3.83. The summed E-state index contributed by atoms with van der Waals surface area (Å²) in [7, 11) is 0. The van der Waals surface area contributed by atoms with Gasteiger partial charge < -0.3 is 0 Å². The van der Waals surface area contributed by atoms with Crippen molar-refractivity contribution in [1.29, 1.82) is 0 Å². The first-order chi connectivity index (χ1) is 26.1. The first-order valence-corrected chi connectivity index (χ1v) is 19.1. The Morgan fingerprint density at radius 3 is 1.87 bits per heavy atom. The molecule has 0 N–H and O–H groups in total. The van der Waals surface area contributed by atoms with E-state index >= 15 is 0 Å². The number of hydrogen-bond donors (Lipinski definition) is 0. The molecule has 8 aromatic carbocycles. The van der Waals surface area contributed by atoms with Gasteiger partial charge in [0, 0.05) is 32.0 Å². The molecule has 0 aliphatic heterocycles. The number of thiophene rings is 1. The van der Waals surface area contributed by atoms with E-state index in [2.05, 4.69) is 170 Å². The Morgan fingerprint density at radius 2 is 1.11 bits per heavy atom. The second-order valence-corrected chi connectivity index (χ2v) is 15.9. The number of hydrogen-bond acceptors (Lipinski definition) is 3. The van der Waals surface area contributed by atoms with Crippen molar-refractivity contribution in [3.05, 3.63) is 163 Å². The van der Waals surface area contributed by atoms with Crippen molar-refractivity contribution in [2.75, 3.05) is 0 Å². The lowest BCUT2D eigenvalue weighted by Gasteiger charge is -2.21. The number of aromatic nitrogens is 3. The van der Waals surface area contributed by atoms with Crippen LogP contribution in [0.5, 0.6) is 0 Å². The minimum atomic E-state index is -0.110. The molecule has 12 rings (SSSR count). The highest BCUT2D eigenvalue weighted by Gasteiger charge is 2.39. The van der Waals surface area contributed by atoms with Crippen LogP contribution in [0.15, 0.2) is 152 Å². The molecular weight excluding hydrogens is 663 g/mol. The maximum Gasteiger partial charge on any atom is 0.235 e. The molecule has 3 heterocycles. The summed E-state index contributed by atoms with van der Waals surface area (Å²) in [4.78, 5) is 12.3. The highest BCUT2D eigenvalue weighted by molar-refractivity contribution is 7.23. The van der Waals surface area contributed by atoms with E-state index in [1.54, 1.807) is 0 Å². The molecule has 3 nitrogen and oxygen atoms in total. The Hall–Kier alpha value is -6.36. The summed E-state index contributed by atoms with van der Waals surface area (Å²) >= 11 is 1.92. The molecular formula is C49H31N3S. The summed E-state index contributed by atoms with van der Waals surface area (Å²) in [5.41, 5.74) is 9.29. The maximum absolute atomic E-state index is 5.50. The van der Waals surface area contributed by atoms with Crippen molar-refractivity contribution in [1.82, 2.24) is 14.5 Å². The lowest BCUT2D eigenvalue weighted by Crippen LogP contribution is -2.14. The third-order valence-corrected chi connectivity index (χ3v) is 13.0. The smallest absolute Gasteiger partial charge is 0.235 e. The van der Waals surface area contributed by atoms with E-state index in [0.717, 1.165) is 27.7 Å². The van der Waals surface area contributed by atoms with Crippen molar-refractivity contribution < 1.29 is 0 Å². The first-order valence-electron chi connectivity index (χ1n) is 18.3. The minimum absolute atomic E-state index is 0.110. The molecule has 1 aliphatic carbocycles. The lowest BCUT2D eigenvalue weighted by atomic mass is 9.81. The van der Waals surface area contributed by atoms with Gasteiger partial charge in [0.1, 0.15) is 0 Å². The van der Waals surface area contributed by atoms with E-state index in [1.165, 1.54) is 80.3 Å². The van der Waals surface area contributed by atoms with E-state index in [4.69, 9.17) is 9.97 Å². The zero-order chi connectivity index (χ0) is 35.0. The highest BCUT2D eigenvalue weighted by atomic mass is 32.1. The van der Waals surface area contributed by atoms with E-state index in [0.29, 0.717) is 5.95 Å². The van der Waals surface area contributed by atoms with E-state index in [-0.39, 0.29) is 5.41 Å². The molecule has 3 aromatic heterocycles. The number of para-hydroxylation sites is 1. The van der Waals surface area contributed by atoms with E-state index in [9.17, 15) is 0 Å². The summed E-state index contributed by atoms with van der Waals surface area (Å²) in [6, 6.07) is 55.2. The van der Waals surface area contributed by atoms with Crippen LogP contribution in [-0.4, -0.2) is 14.5 Å². The average molecular weight is 694 g/mol. The summed E-state index contributed by atoms with van der Waals surface area (Å²) < 4.78 is 3.66. The molecule has 0 fully saturated rings. The molecule has 11 aromatic rings. The largest absolute Gasteiger partial charge is 0.276 e. The second-order valence-electron chi connectivity index (χ2n) is 14.9. The Morgan fingerprint density at radius 1 is 0.509 bits per heavy atom. The molecule has 0 unspecified atom stereocenters. The van der Waals surface area contributed by atoms with Crippen LogP contribution in [0.3, 0.4) is 0 Å². The number of benzene rings is 8. The van der Waals surface area contributed by atoms with Crippen molar-refractivity contribution in [3.63, 3.8) is 0 Å². The predicted octanol–water partition coefficient (Wildman–Crippen LogP) is 13.4. The topological polar surface area (TPSA) is 30.7 Å². The Bertz CT molecular complexity index is 3370. The van der Waals surface area contributed by atoms with Crippen LogP contribution in [0.2, 0.25) is 0 Å². The van der Waals surface area contributed by atoms with Crippen LogP contribution in [0.4, 0.5) is 0 Å². The Labute approximate surface area is 309 Å². The first kappa shape index (κ1) is 29.2. The monoisotopic (exact) mass is 693 g/mol. The van der Waals surface area contributed by atoms with E-state index in [1.807, 2.05) is 11.3 Å². The average Bonchev–Trinajstić information content (AvgIpc) is 3.83. The van der Waals surface area contributed by atoms with Gasteiger partial charge in [-0.15, -0.1) is 11.3 Å². The molecule has 0 radical (unpaired) electrons. The fourth-order valence-electron chi connectivity index (χ4n) is 9.41. The molecule has 248 valence electrons. The summed E-state index contributed by atoms with van der Waals surface area (Å²) in [6.45, 7) is 4.76. The van der Waals surface area contributed by atoms with Crippen molar-refractivity contribution >= 4 is 86.4 Å². The molecule has 0 saturated carbocycles. The van der Waals surface area contributed by atoms with Gasteiger partial charge in [-0.2, -0.15) is 0 Å². The van der Waals surface area contributed by atoms with Crippen LogP contribution < -0.4 is 0 Å². The third-order valence-electron chi connectivity index (χ3n) is 11.8. The van der Waals surface area contributed by atoms with Crippen LogP contribution in [-0.2, 0) is 5.41 Å². The summed E-state index contributed by atoms with van der Waals surface area (Å²) in [6.07, 6.45) is 0. The zero-order valence-corrected chi connectivity index (χ0v) is 30.0. The second kappa shape index (κ2) is 10.4. The molecule has 0 bridgehead atoms. The quantitative estimate of drug-likeness (QED) is 0.169. The van der Waals surface area contributed by atoms with Crippen LogP contribution in [0.25, 0.3) is 103 Å².